The van der Waals surface area contributed by atoms with Gasteiger partial charge in [-0.05, 0) is 12.5 Å². The number of halogens is 6. The molecule has 0 aliphatic carbocycles. The molecule has 162 valence electrons. The van der Waals surface area contributed by atoms with E-state index < -0.39 is 46.5 Å². The lowest BCUT2D eigenvalue weighted by atomic mass is 10.0. The third-order valence-corrected chi connectivity index (χ3v) is 6.88. The lowest BCUT2D eigenvalue weighted by Crippen LogP contribution is -2.31. The van der Waals surface area contributed by atoms with E-state index in [4.69, 9.17) is 11.6 Å². The number of hydrazine groups is 1. The Bertz CT molecular complexity index is 815. The predicted octanol–water partition coefficient (Wildman–Crippen LogP) is 2.29. The fraction of sp³-hybridized carbons (Fsp3) is 0.625. The molecule has 3 unspecified atom stereocenters. The average molecular weight is 461 g/mol. The summed E-state index contributed by atoms with van der Waals surface area (Å²) >= 11 is 6.18. The molecule has 2 saturated heterocycles. The lowest BCUT2D eigenvalue weighted by Gasteiger charge is -2.17. The maximum atomic E-state index is 13.0. The molecule has 3 N–H and O–H groups in total. The van der Waals surface area contributed by atoms with E-state index in [9.17, 15) is 31.5 Å². The average Bonchev–Trinajstić information content (AvgIpc) is 3.26. The van der Waals surface area contributed by atoms with Gasteiger partial charge in [0.05, 0.1) is 22.9 Å². The van der Waals surface area contributed by atoms with Gasteiger partial charge in [-0.15, -0.1) is 23.4 Å². The quantitative estimate of drug-likeness (QED) is 0.464. The van der Waals surface area contributed by atoms with E-state index in [-0.39, 0.29) is 23.6 Å². The van der Waals surface area contributed by atoms with Crippen LogP contribution in [-0.4, -0.2) is 52.0 Å². The normalized spacial score (nSPS) is 25.7. The van der Waals surface area contributed by atoms with Gasteiger partial charge < -0.3 is 9.88 Å². The molecule has 6 nitrogen and oxygen atoms in total. The van der Waals surface area contributed by atoms with Crippen molar-refractivity contribution < 1.29 is 26.7 Å². The Balaban J connectivity index is 1.82. The van der Waals surface area contributed by atoms with Crippen LogP contribution in [0.15, 0.2) is 17.1 Å². The molecule has 1 aromatic heterocycles. The Labute approximate surface area is 171 Å². The number of hydrogen-bond acceptors (Lipinski definition) is 5. The number of nitrogens with zero attached hydrogens (tertiary/aromatic N) is 1. The van der Waals surface area contributed by atoms with E-state index in [1.807, 2.05) is 0 Å². The number of pyridine rings is 1. The van der Waals surface area contributed by atoms with E-state index in [0.29, 0.717) is 24.9 Å². The summed E-state index contributed by atoms with van der Waals surface area (Å²) < 4.78 is 65.4. The van der Waals surface area contributed by atoms with E-state index in [0.717, 1.165) is 10.8 Å². The summed E-state index contributed by atoms with van der Waals surface area (Å²) in [7, 11) is 0. The highest BCUT2D eigenvalue weighted by molar-refractivity contribution is 8.01. The summed E-state index contributed by atoms with van der Waals surface area (Å²) in [5.74, 6) is -1.02. The van der Waals surface area contributed by atoms with E-state index in [1.165, 1.54) is 6.07 Å². The van der Waals surface area contributed by atoms with Gasteiger partial charge in [-0.1, -0.05) is 0 Å². The Morgan fingerprint density at radius 2 is 2.00 bits per heavy atom. The zero-order chi connectivity index (χ0) is 21.3. The van der Waals surface area contributed by atoms with Crippen molar-refractivity contribution in [2.45, 2.75) is 47.4 Å². The standard InChI is InChI=1S/C16H18ClF5N4O2S/c17-10-2-11(29-13(10)16(20,21)22)14(27)25-8-1-9(7-3-23-24-4-7)15(28)26(5-8)6-12(18)19/h1,5,7,10-13,23-24H,2-4,6H2,(H,25,27). The molecule has 2 fully saturated rings. The fourth-order valence-corrected chi connectivity index (χ4v) is 5.20. The Morgan fingerprint density at radius 3 is 2.55 bits per heavy atom. The van der Waals surface area contributed by atoms with Gasteiger partial charge in [0.15, 0.2) is 0 Å². The first-order valence-electron chi connectivity index (χ1n) is 8.71. The number of thioether (sulfide) groups is 1. The lowest BCUT2D eigenvalue weighted by molar-refractivity contribution is -0.128. The summed E-state index contributed by atoms with van der Waals surface area (Å²) in [6.07, 6.45) is -6.43. The van der Waals surface area contributed by atoms with Crippen molar-refractivity contribution in [3.05, 3.63) is 28.2 Å². The van der Waals surface area contributed by atoms with E-state index >= 15 is 0 Å². The largest absolute Gasteiger partial charge is 0.402 e. The van der Waals surface area contributed by atoms with Crippen LogP contribution in [0, 0.1) is 0 Å². The summed E-state index contributed by atoms with van der Waals surface area (Å²) in [6, 6.07) is 1.38. The van der Waals surface area contributed by atoms with Crippen LogP contribution >= 0.6 is 23.4 Å². The van der Waals surface area contributed by atoms with Gasteiger partial charge in [0.2, 0.25) is 5.91 Å². The molecule has 1 amide bonds. The van der Waals surface area contributed by atoms with Crippen LogP contribution in [0.3, 0.4) is 0 Å². The van der Waals surface area contributed by atoms with E-state index in [2.05, 4.69) is 16.2 Å². The molecule has 0 spiro atoms. The summed E-state index contributed by atoms with van der Waals surface area (Å²) in [6.45, 7) is -0.0802. The SMILES string of the molecule is O=C(Nc1cc(C2CNNC2)c(=O)n(CC(F)F)c1)C1CC(Cl)C(C(F)(F)F)S1. The second-order valence-corrected chi connectivity index (χ2v) is 8.73. The molecular weight excluding hydrogens is 443 g/mol. The van der Waals surface area contributed by atoms with Crippen LogP contribution in [0.4, 0.5) is 27.6 Å². The van der Waals surface area contributed by atoms with Crippen LogP contribution in [0.1, 0.15) is 17.9 Å². The highest BCUT2D eigenvalue weighted by Gasteiger charge is 2.52. The monoisotopic (exact) mass is 460 g/mol. The minimum Gasteiger partial charge on any atom is -0.324 e. The molecule has 0 aromatic carbocycles. The molecule has 1 aromatic rings. The second kappa shape index (κ2) is 8.78. The van der Waals surface area contributed by atoms with Gasteiger partial charge in [0, 0.05) is 30.8 Å². The van der Waals surface area contributed by atoms with Gasteiger partial charge in [-0.25, -0.2) is 8.78 Å². The van der Waals surface area contributed by atoms with Crippen LogP contribution in [-0.2, 0) is 11.3 Å². The van der Waals surface area contributed by atoms with Crippen molar-refractivity contribution in [2.75, 3.05) is 18.4 Å². The Kier molecular flexibility index (Phi) is 6.76. The van der Waals surface area contributed by atoms with Crippen molar-refractivity contribution in [3.63, 3.8) is 0 Å². The third kappa shape index (κ3) is 5.22. The number of aromatic nitrogens is 1. The van der Waals surface area contributed by atoms with Crippen molar-refractivity contribution in [3.8, 4) is 0 Å². The van der Waals surface area contributed by atoms with Crippen molar-refractivity contribution in [2.24, 2.45) is 0 Å². The molecule has 3 atom stereocenters. The molecule has 2 aliphatic rings. The first-order chi connectivity index (χ1) is 13.6. The fourth-order valence-electron chi connectivity index (χ4n) is 3.31. The van der Waals surface area contributed by atoms with Gasteiger partial charge in [0.25, 0.3) is 12.0 Å². The smallest absolute Gasteiger partial charge is 0.324 e. The summed E-state index contributed by atoms with van der Waals surface area (Å²) in [4.78, 5) is 25.0. The van der Waals surface area contributed by atoms with Gasteiger partial charge in [-0.2, -0.15) is 13.2 Å². The first kappa shape index (κ1) is 22.3. The van der Waals surface area contributed by atoms with Crippen LogP contribution in [0.2, 0.25) is 0 Å². The maximum Gasteiger partial charge on any atom is 0.402 e. The second-order valence-electron chi connectivity index (χ2n) is 6.82. The van der Waals surface area contributed by atoms with Crippen LogP contribution in [0.5, 0.6) is 0 Å². The molecule has 3 rings (SSSR count). The summed E-state index contributed by atoms with van der Waals surface area (Å²) in [5, 5.41) is -1.70. The minimum absolute atomic E-state index is 0.0688. The van der Waals surface area contributed by atoms with Crippen LogP contribution in [0.25, 0.3) is 0 Å². The Hall–Kier alpha value is -1.37. The Morgan fingerprint density at radius 1 is 1.34 bits per heavy atom. The first-order valence-corrected chi connectivity index (χ1v) is 10.1. The van der Waals surface area contributed by atoms with Gasteiger partial charge >= 0.3 is 6.18 Å². The molecule has 29 heavy (non-hydrogen) atoms. The van der Waals surface area contributed by atoms with Crippen LogP contribution < -0.4 is 21.7 Å². The summed E-state index contributed by atoms with van der Waals surface area (Å²) in [5.41, 5.74) is 5.35. The van der Waals surface area contributed by atoms with Gasteiger partial charge in [-0.3, -0.25) is 20.4 Å². The number of hydrogen-bond donors (Lipinski definition) is 3. The highest BCUT2D eigenvalue weighted by Crippen LogP contribution is 2.45. The van der Waals surface area contributed by atoms with Crippen molar-refractivity contribution in [1.82, 2.24) is 15.4 Å². The molecule has 3 heterocycles. The maximum absolute atomic E-state index is 13.0. The molecule has 0 saturated carbocycles. The molecule has 0 bridgehead atoms. The minimum atomic E-state index is -4.54. The number of amides is 1. The van der Waals surface area contributed by atoms with Crippen molar-refractivity contribution >= 4 is 35.0 Å². The zero-order valence-electron chi connectivity index (χ0n) is 14.8. The molecule has 0 radical (unpaired) electrons. The molecule has 2 aliphatic heterocycles. The number of carbonyl (C=O) groups is 1. The number of carbonyl (C=O) groups excluding carboxylic acids is 1. The van der Waals surface area contributed by atoms with E-state index in [1.54, 1.807) is 0 Å². The van der Waals surface area contributed by atoms with Gasteiger partial charge in [0.1, 0.15) is 5.25 Å². The number of anilines is 1. The predicted molar refractivity (Wildman–Crippen MR) is 99.6 cm³/mol. The highest BCUT2D eigenvalue weighted by atomic mass is 35.5. The topological polar surface area (TPSA) is 75.2 Å². The van der Waals surface area contributed by atoms with Crippen molar-refractivity contribution in [1.29, 1.82) is 0 Å². The molecular formula is C16H18ClF5N4O2S. The zero-order valence-corrected chi connectivity index (χ0v) is 16.4. The number of rotatable bonds is 5. The number of nitrogens with one attached hydrogen (secondary N) is 3. The third-order valence-electron chi connectivity index (χ3n) is 4.67. The number of alkyl halides is 6. The molecule has 13 heteroatoms.